The lowest BCUT2D eigenvalue weighted by atomic mass is 9.94. The molecule has 1 saturated heterocycles. The summed E-state index contributed by atoms with van der Waals surface area (Å²) in [5, 5.41) is 5.62. The van der Waals surface area contributed by atoms with Crippen LogP contribution in [-0.2, 0) is 9.53 Å². The number of hydrogen-bond donors (Lipinski definition) is 2. The van der Waals surface area contributed by atoms with Crippen LogP contribution in [0.15, 0.2) is 35.5 Å². The van der Waals surface area contributed by atoms with Gasteiger partial charge in [-0.05, 0) is 38.5 Å². The molecule has 0 spiro atoms. The summed E-state index contributed by atoms with van der Waals surface area (Å²) in [6, 6.07) is 4.47. The number of amides is 4. The number of urea groups is 2. The number of esters is 1. The van der Waals surface area contributed by atoms with Crippen LogP contribution in [0, 0.1) is 5.82 Å². The quantitative estimate of drug-likeness (QED) is 0.633. The van der Waals surface area contributed by atoms with E-state index in [2.05, 4.69) is 15.5 Å². The number of nitrogens with zero attached hydrogens (tertiary/aromatic N) is 3. The minimum Gasteiger partial charge on any atom is -0.463 e. The van der Waals surface area contributed by atoms with Crippen molar-refractivity contribution < 1.29 is 23.5 Å². The first-order chi connectivity index (χ1) is 15.8. The number of likely N-dealkylation sites (N-methyl/N-ethyl adjacent to an activating group) is 1. The van der Waals surface area contributed by atoms with Gasteiger partial charge in [0, 0.05) is 51.5 Å². The third-order valence-electron chi connectivity index (χ3n) is 5.93. The van der Waals surface area contributed by atoms with E-state index in [1.165, 1.54) is 17.0 Å². The normalized spacial score (nSPS) is 21.7. The molecule has 2 atom stereocenters. The molecule has 0 bridgehead atoms. The molecular formula is C23H32FN5O4. The molecule has 2 aliphatic heterocycles. The van der Waals surface area contributed by atoms with Crippen molar-refractivity contribution in [3.8, 4) is 0 Å². The Morgan fingerprint density at radius 3 is 2.67 bits per heavy atom. The van der Waals surface area contributed by atoms with Crippen molar-refractivity contribution in [3.05, 3.63) is 46.9 Å². The second-order valence-electron chi connectivity index (χ2n) is 8.19. The van der Waals surface area contributed by atoms with Crippen LogP contribution >= 0.6 is 0 Å². The van der Waals surface area contributed by atoms with Crippen LogP contribution in [0.2, 0.25) is 0 Å². The molecule has 33 heavy (non-hydrogen) atoms. The largest absolute Gasteiger partial charge is 0.463 e. The zero-order valence-electron chi connectivity index (χ0n) is 19.6. The second kappa shape index (κ2) is 10.7. The SMILES string of the molecule is CCNC(=O)N1CCN(CC2=C(C(=O)OCC)[C@@H](c3cccc(F)c3)NC(=O)N2C)C[C@@H]1C. The number of piperazine rings is 1. The number of nitrogens with one attached hydrogen (secondary N) is 2. The first kappa shape index (κ1) is 24.5. The monoisotopic (exact) mass is 461 g/mol. The smallest absolute Gasteiger partial charge is 0.338 e. The Bertz CT molecular complexity index is 937. The number of rotatable bonds is 6. The second-order valence-corrected chi connectivity index (χ2v) is 8.19. The minimum atomic E-state index is -0.826. The number of halogens is 1. The molecule has 2 N–H and O–H groups in total. The maximum Gasteiger partial charge on any atom is 0.338 e. The molecule has 1 fully saturated rings. The molecule has 4 amide bonds. The van der Waals surface area contributed by atoms with Gasteiger partial charge in [-0.15, -0.1) is 0 Å². The highest BCUT2D eigenvalue weighted by atomic mass is 19.1. The van der Waals surface area contributed by atoms with E-state index >= 15 is 0 Å². The van der Waals surface area contributed by atoms with Gasteiger partial charge in [-0.2, -0.15) is 0 Å². The van der Waals surface area contributed by atoms with Gasteiger partial charge in [0.25, 0.3) is 0 Å². The molecule has 1 aromatic rings. The number of carbonyl (C=O) groups is 3. The maximum absolute atomic E-state index is 13.9. The van der Waals surface area contributed by atoms with Crippen LogP contribution in [0.25, 0.3) is 0 Å². The van der Waals surface area contributed by atoms with Gasteiger partial charge >= 0.3 is 18.0 Å². The zero-order valence-corrected chi connectivity index (χ0v) is 19.6. The molecule has 9 nitrogen and oxygen atoms in total. The molecule has 1 aromatic carbocycles. The summed E-state index contributed by atoms with van der Waals surface area (Å²) in [5.74, 6) is -1.01. The lowest BCUT2D eigenvalue weighted by Crippen LogP contribution is -2.57. The van der Waals surface area contributed by atoms with E-state index in [0.717, 1.165) is 0 Å². The van der Waals surface area contributed by atoms with E-state index in [1.807, 2.05) is 13.8 Å². The molecule has 2 heterocycles. The van der Waals surface area contributed by atoms with Crippen molar-refractivity contribution in [2.24, 2.45) is 0 Å². The van der Waals surface area contributed by atoms with Crippen LogP contribution in [0.1, 0.15) is 32.4 Å². The van der Waals surface area contributed by atoms with Gasteiger partial charge in [0.05, 0.1) is 18.2 Å². The number of hydrogen-bond acceptors (Lipinski definition) is 5. The molecule has 0 radical (unpaired) electrons. The lowest BCUT2D eigenvalue weighted by molar-refractivity contribution is -0.139. The van der Waals surface area contributed by atoms with Crippen molar-refractivity contribution >= 4 is 18.0 Å². The van der Waals surface area contributed by atoms with Crippen molar-refractivity contribution in [1.82, 2.24) is 25.3 Å². The average Bonchev–Trinajstić information content (AvgIpc) is 2.77. The van der Waals surface area contributed by atoms with Gasteiger partial charge in [-0.25, -0.2) is 18.8 Å². The van der Waals surface area contributed by atoms with E-state index in [9.17, 15) is 18.8 Å². The van der Waals surface area contributed by atoms with Crippen LogP contribution in [0.4, 0.5) is 14.0 Å². The van der Waals surface area contributed by atoms with E-state index in [4.69, 9.17) is 4.74 Å². The van der Waals surface area contributed by atoms with E-state index < -0.39 is 17.8 Å². The Kier molecular flexibility index (Phi) is 7.91. The van der Waals surface area contributed by atoms with Gasteiger partial charge in [0.1, 0.15) is 5.82 Å². The van der Waals surface area contributed by atoms with Crippen LogP contribution < -0.4 is 10.6 Å². The summed E-state index contributed by atoms with van der Waals surface area (Å²) < 4.78 is 19.3. The molecule has 0 unspecified atom stereocenters. The van der Waals surface area contributed by atoms with Crippen molar-refractivity contribution in [3.63, 3.8) is 0 Å². The first-order valence-corrected chi connectivity index (χ1v) is 11.2. The number of carbonyl (C=O) groups excluding carboxylic acids is 3. The molecule has 10 heteroatoms. The fraction of sp³-hybridized carbons (Fsp3) is 0.522. The van der Waals surface area contributed by atoms with E-state index in [0.29, 0.717) is 44.0 Å². The molecule has 0 aliphatic carbocycles. The van der Waals surface area contributed by atoms with Gasteiger partial charge < -0.3 is 20.3 Å². The summed E-state index contributed by atoms with van der Waals surface area (Å²) in [7, 11) is 1.60. The highest BCUT2D eigenvalue weighted by Crippen LogP contribution is 2.32. The summed E-state index contributed by atoms with van der Waals surface area (Å²) in [6.07, 6.45) is 0. The van der Waals surface area contributed by atoms with Crippen LogP contribution in [0.5, 0.6) is 0 Å². The highest BCUT2D eigenvalue weighted by molar-refractivity contribution is 5.95. The van der Waals surface area contributed by atoms with Crippen LogP contribution in [-0.4, -0.2) is 85.2 Å². The molecule has 0 saturated carbocycles. The summed E-state index contributed by atoms with van der Waals surface area (Å²) in [4.78, 5) is 43.4. The Morgan fingerprint density at radius 1 is 1.27 bits per heavy atom. The predicted molar refractivity (Wildman–Crippen MR) is 121 cm³/mol. The molecular weight excluding hydrogens is 429 g/mol. The topological polar surface area (TPSA) is 94.2 Å². The third-order valence-corrected chi connectivity index (χ3v) is 5.93. The predicted octanol–water partition coefficient (Wildman–Crippen LogP) is 2.07. The zero-order chi connectivity index (χ0) is 24.1. The Morgan fingerprint density at radius 2 is 2.03 bits per heavy atom. The average molecular weight is 462 g/mol. The van der Waals surface area contributed by atoms with Crippen molar-refractivity contribution in [2.75, 3.05) is 46.4 Å². The van der Waals surface area contributed by atoms with E-state index in [-0.39, 0.29) is 30.3 Å². The fourth-order valence-electron chi connectivity index (χ4n) is 4.28. The Balaban J connectivity index is 1.93. The first-order valence-electron chi connectivity index (χ1n) is 11.2. The summed E-state index contributed by atoms with van der Waals surface area (Å²) >= 11 is 0. The third kappa shape index (κ3) is 5.44. The van der Waals surface area contributed by atoms with Gasteiger partial charge in [-0.1, -0.05) is 12.1 Å². The fourth-order valence-corrected chi connectivity index (χ4v) is 4.28. The maximum atomic E-state index is 13.9. The lowest BCUT2D eigenvalue weighted by Gasteiger charge is -2.42. The minimum absolute atomic E-state index is 0.0429. The molecule has 2 aliphatic rings. The van der Waals surface area contributed by atoms with Gasteiger partial charge in [-0.3, -0.25) is 9.80 Å². The van der Waals surface area contributed by atoms with Gasteiger partial charge in [0.15, 0.2) is 0 Å². The number of benzene rings is 1. The van der Waals surface area contributed by atoms with Gasteiger partial charge in [0.2, 0.25) is 0 Å². The molecule has 180 valence electrons. The van der Waals surface area contributed by atoms with Crippen molar-refractivity contribution in [1.29, 1.82) is 0 Å². The van der Waals surface area contributed by atoms with E-state index in [1.54, 1.807) is 31.0 Å². The van der Waals surface area contributed by atoms with Crippen molar-refractivity contribution in [2.45, 2.75) is 32.9 Å². The molecule has 3 rings (SSSR count). The highest BCUT2D eigenvalue weighted by Gasteiger charge is 2.38. The molecule has 0 aromatic heterocycles. The number of ether oxygens (including phenoxy) is 1. The Labute approximate surface area is 193 Å². The summed E-state index contributed by atoms with van der Waals surface area (Å²) in [6.45, 7) is 8.29. The Hall–Kier alpha value is -3.14. The summed E-state index contributed by atoms with van der Waals surface area (Å²) in [5.41, 5.74) is 1.25. The standard InChI is InChI=1S/C23H32FN5O4/c1-5-25-22(31)29-11-10-28(13-15(29)3)14-18-19(21(30)33-6-2)20(26-23(32)27(18)4)16-8-7-9-17(24)12-16/h7-9,12,15,20H,5-6,10-11,13-14H2,1-4H3,(H,25,31)(H,26,32)/t15-,20+/m0/s1. The van der Waals surface area contributed by atoms with Crippen LogP contribution in [0.3, 0.4) is 0 Å².